The fourth-order valence-electron chi connectivity index (χ4n) is 4.96. The van der Waals surface area contributed by atoms with Crippen molar-refractivity contribution >= 4 is 29.1 Å². The Kier molecular flexibility index (Phi) is 5.66. The highest BCUT2D eigenvalue weighted by Gasteiger charge is 2.35. The Morgan fingerprint density at radius 2 is 1.88 bits per heavy atom. The van der Waals surface area contributed by atoms with Gasteiger partial charge in [0.2, 0.25) is 0 Å². The summed E-state index contributed by atoms with van der Waals surface area (Å²) >= 11 is 0. The maximum absolute atomic E-state index is 13.2. The summed E-state index contributed by atoms with van der Waals surface area (Å²) in [5, 5.41) is 9.56. The monoisotopic (exact) mass is 454 g/mol. The van der Waals surface area contributed by atoms with Gasteiger partial charge in [0.25, 0.3) is 11.8 Å². The predicted molar refractivity (Wildman–Crippen MR) is 128 cm³/mol. The van der Waals surface area contributed by atoms with Crippen LogP contribution in [0.15, 0.2) is 57.5 Å². The molecule has 0 atom stereocenters. The zero-order valence-corrected chi connectivity index (χ0v) is 19.4. The predicted octanol–water partition coefficient (Wildman–Crippen LogP) is 5.28. The zero-order valence-electron chi connectivity index (χ0n) is 19.4. The van der Waals surface area contributed by atoms with Gasteiger partial charge in [-0.3, -0.25) is 19.1 Å². The average molecular weight is 455 g/mol. The normalized spacial score (nSPS) is 18.9. The van der Waals surface area contributed by atoms with Crippen LogP contribution in [0.25, 0.3) is 23.0 Å². The molecule has 2 aliphatic rings. The molecule has 1 aliphatic heterocycles. The Morgan fingerprint density at radius 1 is 1.15 bits per heavy atom. The number of fused-ring (bicyclic) bond motifs is 1. The molecule has 1 aliphatic carbocycles. The van der Waals surface area contributed by atoms with Crippen molar-refractivity contribution in [3.63, 3.8) is 0 Å². The number of nitriles is 1. The van der Waals surface area contributed by atoms with E-state index < -0.39 is 11.8 Å². The van der Waals surface area contributed by atoms with Gasteiger partial charge in [-0.1, -0.05) is 37.5 Å². The van der Waals surface area contributed by atoms with Crippen LogP contribution in [0.1, 0.15) is 63.5 Å². The molecular formula is C27H26N4O3. The molecule has 0 radical (unpaired) electrons. The first-order valence-electron chi connectivity index (χ1n) is 11.8. The van der Waals surface area contributed by atoms with E-state index in [1.807, 2.05) is 47.0 Å². The van der Waals surface area contributed by atoms with Gasteiger partial charge in [0.1, 0.15) is 11.6 Å². The standard InChI is InChI=1S/C27H26N4O3/c1-3-30-26(32)21(17(2)22(16-28)27(30)33)14-20-15-23-24(31(20)19-12-8-5-9-13-19)29-25(34-23)18-10-6-4-7-11-18/h5,8-9,12-15,18H,3-4,6-7,10-11H2,1-2H3/b21-14-. The topological polar surface area (TPSA) is 92.1 Å². The molecule has 1 saturated carbocycles. The van der Waals surface area contributed by atoms with Crippen molar-refractivity contribution in [2.75, 3.05) is 6.54 Å². The lowest BCUT2D eigenvalue weighted by atomic mass is 9.89. The Hall–Kier alpha value is -3.92. The molecule has 0 spiro atoms. The van der Waals surface area contributed by atoms with Crippen molar-refractivity contribution in [2.45, 2.75) is 51.9 Å². The minimum absolute atomic E-state index is 0.00749. The van der Waals surface area contributed by atoms with Crippen LogP contribution in [0.5, 0.6) is 0 Å². The molecule has 3 heterocycles. The molecule has 7 nitrogen and oxygen atoms in total. The summed E-state index contributed by atoms with van der Waals surface area (Å²) in [5.74, 6) is 0.153. The number of para-hydroxylation sites is 1. The number of imide groups is 1. The van der Waals surface area contributed by atoms with Crippen LogP contribution in [0.3, 0.4) is 0 Å². The summed E-state index contributed by atoms with van der Waals surface area (Å²) in [6.45, 7) is 3.56. The smallest absolute Gasteiger partial charge is 0.271 e. The number of likely N-dealkylation sites (N-methyl/N-ethyl adjacent to an activating group) is 1. The van der Waals surface area contributed by atoms with Crippen LogP contribution in [-0.4, -0.2) is 32.8 Å². The number of oxazole rings is 1. The minimum Gasteiger partial charge on any atom is -0.439 e. The van der Waals surface area contributed by atoms with E-state index >= 15 is 0 Å². The third kappa shape index (κ3) is 3.56. The third-order valence-electron chi connectivity index (χ3n) is 6.80. The van der Waals surface area contributed by atoms with Gasteiger partial charge in [-0.2, -0.15) is 10.2 Å². The highest BCUT2D eigenvalue weighted by molar-refractivity contribution is 6.19. The van der Waals surface area contributed by atoms with Crippen molar-refractivity contribution < 1.29 is 14.0 Å². The number of aromatic nitrogens is 2. The number of hydrogen-bond acceptors (Lipinski definition) is 5. The summed E-state index contributed by atoms with van der Waals surface area (Å²) in [4.78, 5) is 31.7. The van der Waals surface area contributed by atoms with Crippen molar-refractivity contribution in [3.8, 4) is 11.8 Å². The highest BCUT2D eigenvalue weighted by Crippen LogP contribution is 2.36. The van der Waals surface area contributed by atoms with Crippen molar-refractivity contribution in [2.24, 2.45) is 0 Å². The second-order valence-electron chi connectivity index (χ2n) is 8.84. The molecule has 0 bridgehead atoms. The number of rotatable bonds is 4. The third-order valence-corrected chi connectivity index (χ3v) is 6.80. The maximum Gasteiger partial charge on any atom is 0.271 e. The Morgan fingerprint density at radius 3 is 2.56 bits per heavy atom. The summed E-state index contributed by atoms with van der Waals surface area (Å²) in [6, 6.07) is 13.6. The van der Waals surface area contributed by atoms with Gasteiger partial charge in [0.05, 0.1) is 5.69 Å². The number of benzene rings is 1. The lowest BCUT2D eigenvalue weighted by Crippen LogP contribution is -2.42. The molecule has 5 rings (SSSR count). The molecule has 2 aromatic heterocycles. The summed E-state index contributed by atoms with van der Waals surface area (Å²) in [7, 11) is 0. The van der Waals surface area contributed by atoms with E-state index in [1.54, 1.807) is 19.9 Å². The summed E-state index contributed by atoms with van der Waals surface area (Å²) in [6.07, 6.45) is 7.54. The van der Waals surface area contributed by atoms with E-state index in [1.165, 1.54) is 19.3 Å². The van der Waals surface area contributed by atoms with Gasteiger partial charge in [-0.15, -0.1) is 0 Å². The number of hydrogen-bond donors (Lipinski definition) is 0. The Labute approximate surface area is 198 Å². The summed E-state index contributed by atoms with van der Waals surface area (Å²) in [5.41, 5.74) is 3.65. The minimum atomic E-state index is -0.546. The molecule has 1 fully saturated rings. The van der Waals surface area contributed by atoms with Crippen LogP contribution in [-0.2, 0) is 9.59 Å². The molecule has 34 heavy (non-hydrogen) atoms. The summed E-state index contributed by atoms with van der Waals surface area (Å²) < 4.78 is 8.19. The van der Waals surface area contributed by atoms with Crippen LogP contribution in [0, 0.1) is 11.3 Å². The molecule has 0 unspecified atom stereocenters. The molecule has 3 aromatic rings. The maximum atomic E-state index is 13.2. The van der Waals surface area contributed by atoms with E-state index in [4.69, 9.17) is 9.40 Å². The highest BCUT2D eigenvalue weighted by atomic mass is 16.3. The van der Waals surface area contributed by atoms with Crippen LogP contribution < -0.4 is 0 Å². The molecule has 0 N–H and O–H groups in total. The van der Waals surface area contributed by atoms with Gasteiger partial charge in [0.15, 0.2) is 17.1 Å². The van der Waals surface area contributed by atoms with Gasteiger partial charge in [-0.05, 0) is 50.5 Å². The second kappa shape index (κ2) is 8.79. The largest absolute Gasteiger partial charge is 0.439 e. The van der Waals surface area contributed by atoms with Crippen LogP contribution >= 0.6 is 0 Å². The molecular weight excluding hydrogens is 428 g/mol. The Bertz CT molecular complexity index is 1380. The molecule has 1 aromatic carbocycles. The van der Waals surface area contributed by atoms with Gasteiger partial charge in [0, 0.05) is 29.8 Å². The molecule has 7 heteroatoms. The average Bonchev–Trinajstić information content (AvgIpc) is 3.41. The number of carbonyl (C=O) groups excluding carboxylic acids is 2. The number of amides is 2. The van der Waals surface area contributed by atoms with E-state index in [-0.39, 0.29) is 12.1 Å². The van der Waals surface area contributed by atoms with E-state index in [9.17, 15) is 14.9 Å². The van der Waals surface area contributed by atoms with Gasteiger partial charge in [-0.25, -0.2) is 0 Å². The van der Waals surface area contributed by atoms with Gasteiger partial charge < -0.3 is 4.42 Å². The van der Waals surface area contributed by atoms with E-state index in [0.29, 0.717) is 34.0 Å². The van der Waals surface area contributed by atoms with Gasteiger partial charge >= 0.3 is 0 Å². The second-order valence-corrected chi connectivity index (χ2v) is 8.84. The first-order valence-corrected chi connectivity index (χ1v) is 11.8. The van der Waals surface area contributed by atoms with Crippen molar-refractivity contribution in [3.05, 3.63) is 64.7 Å². The molecule has 172 valence electrons. The number of carbonyl (C=O) groups is 2. The van der Waals surface area contributed by atoms with Crippen LogP contribution in [0.4, 0.5) is 0 Å². The quantitative estimate of drug-likeness (QED) is 0.395. The lowest BCUT2D eigenvalue weighted by molar-refractivity contribution is -0.140. The first-order chi connectivity index (χ1) is 16.5. The Balaban J connectivity index is 1.69. The SMILES string of the molecule is CCN1C(=O)C(C#N)=C(C)/C(=C/c2cc3oc(C4CCCCC4)nc3n2-c2ccccc2)C1=O. The van der Waals surface area contributed by atoms with E-state index in [2.05, 4.69) is 0 Å². The van der Waals surface area contributed by atoms with E-state index in [0.717, 1.165) is 29.3 Å². The van der Waals surface area contributed by atoms with Crippen LogP contribution in [0.2, 0.25) is 0 Å². The van der Waals surface area contributed by atoms with Crippen molar-refractivity contribution in [1.29, 1.82) is 5.26 Å². The lowest BCUT2D eigenvalue weighted by Gasteiger charge is -2.26. The van der Waals surface area contributed by atoms with Crippen molar-refractivity contribution in [1.82, 2.24) is 14.5 Å². The fourth-order valence-corrected chi connectivity index (χ4v) is 4.96. The zero-order chi connectivity index (χ0) is 23.8. The molecule has 2 amide bonds. The molecule has 0 saturated heterocycles. The number of nitrogens with zero attached hydrogens (tertiary/aromatic N) is 4. The fraction of sp³-hybridized carbons (Fsp3) is 0.333. The first kappa shape index (κ1) is 21.9.